The second-order valence-corrected chi connectivity index (χ2v) is 9.15. The Morgan fingerprint density at radius 3 is 2.71 bits per heavy atom. The number of piperidine rings is 1. The first-order valence-corrected chi connectivity index (χ1v) is 11.7. The molecule has 178 valence electrons. The summed E-state index contributed by atoms with van der Waals surface area (Å²) in [7, 11) is 1.89. The number of rotatable bonds is 7. The molecule has 0 radical (unpaired) electrons. The molecule has 8 heteroatoms. The zero-order valence-electron chi connectivity index (χ0n) is 19.5. The molecule has 1 saturated heterocycles. The van der Waals surface area contributed by atoms with Crippen LogP contribution in [0.2, 0.25) is 0 Å². The number of ketones is 1. The Hall–Kier alpha value is -4.07. The molecule has 2 aromatic carbocycles. The first-order valence-electron chi connectivity index (χ1n) is 11.7. The van der Waals surface area contributed by atoms with E-state index in [9.17, 15) is 19.2 Å². The van der Waals surface area contributed by atoms with Crippen LogP contribution < -0.4 is 5.32 Å². The van der Waals surface area contributed by atoms with Crippen molar-refractivity contribution in [2.45, 2.75) is 44.7 Å². The third kappa shape index (κ3) is 4.64. The van der Waals surface area contributed by atoms with Crippen molar-refractivity contribution in [3.05, 3.63) is 77.0 Å². The van der Waals surface area contributed by atoms with Gasteiger partial charge < -0.3 is 4.90 Å². The second kappa shape index (κ2) is 9.29. The molecular formula is C27H26N4O4. The summed E-state index contributed by atoms with van der Waals surface area (Å²) < 4.78 is 1.81. The highest BCUT2D eigenvalue weighted by Crippen LogP contribution is 2.28. The van der Waals surface area contributed by atoms with Crippen LogP contribution in [0.1, 0.15) is 46.3 Å². The standard InChI is InChI=1S/C27H26N4O4/c1-30-23(11-12-28-30)19-4-2-3-18(14-19)15-21(32)7-5-17-6-8-22-20(13-17)16-31(27(22)35)24-9-10-25(33)29-26(24)34/h2-4,6,8,11-14,24H,5,7,9-10,15-16H2,1H3,(H,29,33,34). The van der Waals surface area contributed by atoms with Crippen LogP contribution in [0.3, 0.4) is 0 Å². The Labute approximate surface area is 202 Å². The fourth-order valence-electron chi connectivity index (χ4n) is 4.88. The van der Waals surface area contributed by atoms with Crippen LogP contribution in [-0.4, -0.2) is 44.2 Å². The maximum atomic E-state index is 12.8. The number of aromatic nitrogens is 2. The highest BCUT2D eigenvalue weighted by molar-refractivity contribution is 6.05. The molecule has 3 heterocycles. The number of carbonyl (C=O) groups excluding carboxylic acids is 4. The van der Waals surface area contributed by atoms with E-state index in [1.54, 1.807) is 16.9 Å². The molecule has 1 atom stereocenters. The lowest BCUT2D eigenvalue weighted by Crippen LogP contribution is -2.52. The molecule has 2 aliphatic heterocycles. The minimum Gasteiger partial charge on any atom is -0.322 e. The summed E-state index contributed by atoms with van der Waals surface area (Å²) in [5.74, 6) is -0.758. The Morgan fingerprint density at radius 1 is 1.09 bits per heavy atom. The topological polar surface area (TPSA) is 101 Å². The molecule has 3 aromatic rings. The van der Waals surface area contributed by atoms with Crippen LogP contribution >= 0.6 is 0 Å². The highest BCUT2D eigenvalue weighted by Gasteiger charge is 2.39. The van der Waals surface area contributed by atoms with Gasteiger partial charge in [-0.25, -0.2) is 0 Å². The van der Waals surface area contributed by atoms with Gasteiger partial charge in [0, 0.05) is 50.2 Å². The predicted molar refractivity (Wildman–Crippen MR) is 128 cm³/mol. The van der Waals surface area contributed by atoms with Crippen LogP contribution in [0.4, 0.5) is 0 Å². The van der Waals surface area contributed by atoms with Crippen molar-refractivity contribution in [3.63, 3.8) is 0 Å². The lowest BCUT2D eigenvalue weighted by Gasteiger charge is -2.29. The molecule has 0 spiro atoms. The number of nitrogens with one attached hydrogen (secondary N) is 1. The quantitative estimate of drug-likeness (QED) is 0.535. The lowest BCUT2D eigenvalue weighted by atomic mass is 9.98. The van der Waals surface area contributed by atoms with Gasteiger partial charge >= 0.3 is 0 Å². The maximum Gasteiger partial charge on any atom is 0.255 e. The molecule has 1 unspecified atom stereocenters. The molecule has 1 N–H and O–H groups in total. The molecule has 0 saturated carbocycles. The van der Waals surface area contributed by atoms with Crippen LogP contribution in [-0.2, 0) is 40.8 Å². The van der Waals surface area contributed by atoms with Gasteiger partial charge in [0.1, 0.15) is 11.8 Å². The Balaban J connectivity index is 1.20. The van der Waals surface area contributed by atoms with Crippen LogP contribution in [0.5, 0.6) is 0 Å². The molecule has 0 bridgehead atoms. The van der Waals surface area contributed by atoms with E-state index in [1.807, 2.05) is 49.5 Å². The van der Waals surface area contributed by atoms with E-state index in [0.29, 0.717) is 37.8 Å². The third-order valence-corrected chi connectivity index (χ3v) is 6.73. The van der Waals surface area contributed by atoms with Crippen molar-refractivity contribution < 1.29 is 19.2 Å². The molecule has 1 fully saturated rings. The van der Waals surface area contributed by atoms with Gasteiger partial charge in [0.2, 0.25) is 11.8 Å². The summed E-state index contributed by atoms with van der Waals surface area (Å²) in [6.45, 7) is 0.336. The largest absolute Gasteiger partial charge is 0.322 e. The number of amides is 3. The SMILES string of the molecule is Cn1nccc1-c1cccc(CC(=O)CCc2ccc3c(c2)CN(C2CCC(=O)NC2=O)C3=O)c1. The molecule has 0 aliphatic carbocycles. The van der Waals surface area contributed by atoms with E-state index in [1.165, 1.54) is 4.90 Å². The Bertz CT molecular complexity index is 1340. The zero-order chi connectivity index (χ0) is 24.5. The van der Waals surface area contributed by atoms with E-state index in [-0.39, 0.29) is 24.0 Å². The number of aryl methyl sites for hydroxylation is 2. The zero-order valence-corrected chi connectivity index (χ0v) is 19.5. The molecule has 35 heavy (non-hydrogen) atoms. The monoisotopic (exact) mass is 470 g/mol. The highest BCUT2D eigenvalue weighted by atomic mass is 16.2. The molecule has 2 aliphatic rings. The van der Waals surface area contributed by atoms with E-state index < -0.39 is 11.9 Å². The van der Waals surface area contributed by atoms with Crippen molar-refractivity contribution in [1.29, 1.82) is 0 Å². The van der Waals surface area contributed by atoms with E-state index in [0.717, 1.165) is 27.9 Å². The number of imide groups is 1. The number of hydrogen-bond donors (Lipinski definition) is 1. The van der Waals surface area contributed by atoms with Crippen LogP contribution in [0.15, 0.2) is 54.7 Å². The van der Waals surface area contributed by atoms with Gasteiger partial charge in [-0.15, -0.1) is 0 Å². The molecule has 5 rings (SSSR count). The summed E-state index contributed by atoms with van der Waals surface area (Å²) >= 11 is 0. The summed E-state index contributed by atoms with van der Waals surface area (Å²) in [5.41, 5.74) is 5.41. The second-order valence-electron chi connectivity index (χ2n) is 9.15. The van der Waals surface area contributed by atoms with Crippen LogP contribution in [0.25, 0.3) is 11.3 Å². The molecular weight excluding hydrogens is 444 g/mol. The lowest BCUT2D eigenvalue weighted by molar-refractivity contribution is -0.137. The fourth-order valence-corrected chi connectivity index (χ4v) is 4.88. The number of Topliss-reactive ketones (excluding diaryl/α,β-unsaturated/α-hetero) is 1. The molecule has 3 amide bonds. The van der Waals surface area contributed by atoms with Crippen LogP contribution in [0, 0.1) is 0 Å². The summed E-state index contributed by atoms with van der Waals surface area (Å²) in [6, 6.07) is 14.9. The van der Waals surface area contributed by atoms with Crippen molar-refractivity contribution in [2.75, 3.05) is 0 Å². The number of fused-ring (bicyclic) bond motifs is 1. The number of benzene rings is 2. The first-order chi connectivity index (χ1) is 16.9. The summed E-state index contributed by atoms with van der Waals surface area (Å²) in [4.78, 5) is 50.7. The normalized spacial score (nSPS) is 17.5. The van der Waals surface area contributed by atoms with Crippen molar-refractivity contribution in [2.24, 2.45) is 7.05 Å². The molecule has 8 nitrogen and oxygen atoms in total. The van der Waals surface area contributed by atoms with Gasteiger partial charge in [0.15, 0.2) is 0 Å². The van der Waals surface area contributed by atoms with Crippen molar-refractivity contribution in [1.82, 2.24) is 20.0 Å². The van der Waals surface area contributed by atoms with Crippen molar-refractivity contribution in [3.8, 4) is 11.3 Å². The smallest absolute Gasteiger partial charge is 0.255 e. The minimum atomic E-state index is -0.625. The van der Waals surface area contributed by atoms with Gasteiger partial charge in [-0.05, 0) is 47.7 Å². The van der Waals surface area contributed by atoms with Gasteiger partial charge in [-0.1, -0.05) is 30.3 Å². The summed E-state index contributed by atoms with van der Waals surface area (Å²) in [5, 5.41) is 6.52. The number of hydrogen-bond acceptors (Lipinski definition) is 5. The number of carbonyl (C=O) groups is 4. The van der Waals surface area contributed by atoms with Gasteiger partial charge in [-0.3, -0.25) is 29.2 Å². The third-order valence-electron chi connectivity index (χ3n) is 6.73. The Kier molecular flexibility index (Phi) is 6.03. The van der Waals surface area contributed by atoms with E-state index in [2.05, 4.69) is 10.4 Å². The first kappa shape index (κ1) is 22.7. The minimum absolute atomic E-state index is 0.147. The summed E-state index contributed by atoms with van der Waals surface area (Å²) in [6.07, 6.45) is 3.67. The Morgan fingerprint density at radius 2 is 1.94 bits per heavy atom. The van der Waals surface area contributed by atoms with Crippen molar-refractivity contribution >= 4 is 23.5 Å². The van der Waals surface area contributed by atoms with E-state index in [4.69, 9.17) is 0 Å². The maximum absolute atomic E-state index is 12.8. The predicted octanol–water partition coefficient (Wildman–Crippen LogP) is 2.59. The van der Waals surface area contributed by atoms with Gasteiger partial charge in [-0.2, -0.15) is 5.10 Å². The average molecular weight is 471 g/mol. The molecule has 1 aromatic heterocycles. The fraction of sp³-hybridized carbons (Fsp3) is 0.296. The van der Waals surface area contributed by atoms with Gasteiger partial charge in [0.25, 0.3) is 5.91 Å². The van der Waals surface area contributed by atoms with Gasteiger partial charge in [0.05, 0.1) is 5.69 Å². The average Bonchev–Trinajstić information content (AvgIpc) is 3.41. The number of nitrogens with zero attached hydrogens (tertiary/aromatic N) is 3. The van der Waals surface area contributed by atoms with E-state index >= 15 is 0 Å².